The zero-order valence-electron chi connectivity index (χ0n) is 51.0. The minimum absolute atomic E-state index is 0.00951. The van der Waals surface area contributed by atoms with Crippen LogP contribution in [0.1, 0.15) is 196 Å². The molecule has 0 atom stereocenters. The molecule has 6 aromatic carbocycles. The molecular weight excluding hydrogens is 852 g/mol. The highest BCUT2D eigenvalue weighted by Crippen LogP contribution is 2.55. The Labute approximate surface area is 428 Å². The molecule has 5 aliphatic rings. The van der Waals surface area contributed by atoms with Gasteiger partial charge in [-0.05, 0) is 185 Å². The smallest absolute Gasteiger partial charge is 0.264 e. The molecule has 0 spiro atoms. The first-order valence-electron chi connectivity index (χ1n) is 29.4. The molecule has 0 amide bonds. The molecule has 0 bridgehead atoms. The number of nitrogens with zero attached hydrogens (tertiary/aromatic N) is 2. The van der Waals surface area contributed by atoms with Gasteiger partial charge in [0.25, 0.3) is 6.71 Å². The van der Waals surface area contributed by atoms with Crippen molar-refractivity contribution in [2.75, 3.05) is 9.80 Å². The fourth-order valence-electron chi connectivity index (χ4n) is 13.4. The normalized spacial score (nSPS) is 22.1. The highest BCUT2D eigenvalue weighted by atomic mass is 32.1. The Hall–Kier alpha value is -4.80. The summed E-state index contributed by atoms with van der Waals surface area (Å²) in [5, 5.41) is 1.27. The maximum absolute atomic E-state index is 9.76. The van der Waals surface area contributed by atoms with Gasteiger partial charge in [0, 0.05) is 44.2 Å². The maximum Gasteiger partial charge on any atom is 0.264 e. The van der Waals surface area contributed by atoms with Crippen molar-refractivity contribution in [3.8, 4) is 0 Å². The number of benzene rings is 6. The van der Waals surface area contributed by atoms with E-state index in [1.165, 1.54) is 59.5 Å². The van der Waals surface area contributed by atoms with E-state index >= 15 is 0 Å². The van der Waals surface area contributed by atoms with Gasteiger partial charge in [-0.3, -0.25) is 0 Å². The van der Waals surface area contributed by atoms with Gasteiger partial charge in [0.2, 0.25) is 0 Å². The first-order chi connectivity index (χ1) is 35.2. The molecule has 2 aliphatic heterocycles. The van der Waals surface area contributed by atoms with E-state index in [0.717, 1.165) is 72.2 Å². The number of rotatable bonds is 3. The largest absolute Gasteiger partial charge is 0.337 e. The van der Waals surface area contributed by atoms with Crippen LogP contribution in [0.25, 0.3) is 20.9 Å². The van der Waals surface area contributed by atoms with Crippen LogP contribution in [0.2, 0.25) is 0 Å². The lowest BCUT2D eigenvalue weighted by Gasteiger charge is -2.48. The maximum atomic E-state index is 9.76. The molecular formula is C65H75BN2S. The van der Waals surface area contributed by atoms with Crippen LogP contribution in [0.5, 0.6) is 0 Å². The molecule has 0 radical (unpaired) electrons. The number of hydrogen-bond acceptors (Lipinski definition) is 3. The first kappa shape index (κ1) is 38.0. The van der Waals surface area contributed by atoms with Gasteiger partial charge in [-0.25, -0.2) is 0 Å². The third-order valence-electron chi connectivity index (χ3n) is 18.4. The molecule has 12 rings (SSSR count). The number of anilines is 5. The highest BCUT2D eigenvalue weighted by Gasteiger charge is 2.49. The van der Waals surface area contributed by atoms with E-state index in [1.54, 1.807) is 0 Å². The van der Waals surface area contributed by atoms with Gasteiger partial charge in [-0.1, -0.05) is 158 Å². The van der Waals surface area contributed by atoms with E-state index in [4.69, 9.17) is 5.48 Å². The Morgan fingerprint density at radius 2 is 1.09 bits per heavy atom. The molecule has 4 heteroatoms. The van der Waals surface area contributed by atoms with E-state index in [0.29, 0.717) is 5.56 Å². The number of thiophene rings is 1. The van der Waals surface area contributed by atoms with Gasteiger partial charge < -0.3 is 9.80 Å². The van der Waals surface area contributed by atoms with Crippen LogP contribution in [0.3, 0.4) is 0 Å². The third-order valence-corrected chi connectivity index (χ3v) is 19.6. The molecule has 69 heavy (non-hydrogen) atoms. The van der Waals surface area contributed by atoms with Crippen LogP contribution in [-0.2, 0) is 44.4 Å². The van der Waals surface area contributed by atoms with Gasteiger partial charge in [-0.2, -0.15) is 0 Å². The lowest BCUT2D eigenvalue weighted by atomic mass is 9.35. The molecule has 0 fully saturated rings. The van der Waals surface area contributed by atoms with Gasteiger partial charge in [0.1, 0.15) is 0 Å². The Kier molecular flexibility index (Phi) is 7.94. The van der Waals surface area contributed by atoms with E-state index in [2.05, 4.69) is 168 Å². The monoisotopic (exact) mass is 934 g/mol. The molecule has 0 saturated heterocycles. The van der Waals surface area contributed by atoms with Gasteiger partial charge in [-0.15, -0.1) is 11.3 Å². The SMILES string of the molecule is [2H]c1c([2H])c([2H])c2c(CN3c4cc(C(C)(C)C)cc5c4B(c4cc6c(cc4N5c4ccc5c(c4)C(C)(C)CCC5(C)C)C(C)(C)CCC6(C)C)c4sc5cc6c(cc5c43)C(C)(C)CCC6(C)C)c([2H])c([2H])c([2H])c2c1[2H]. The summed E-state index contributed by atoms with van der Waals surface area (Å²) in [7, 11) is 0. The standard InChI is InChI=1S/C65H75BN2S/c1-59(2,3)41-31-53-56-54(32-41)68(42-23-24-45-46(33-42)61(6,7)26-25-60(45,4)5)52-36-49-48(63(10,11)28-29-64(49,12)13)35-51(52)66(56)58-57(67(53)38-40-21-18-20-39-19-16-17-22-43(39)40)44-34-47-50(37-55(44)69-58)65(14,15)30-27-62(47,8)9/h16-24,31-37H,25-30,38H2,1-15H3/i16D,17D,18D,19D,20D,21D,22D. The zero-order valence-corrected chi connectivity index (χ0v) is 44.8. The Balaban J connectivity index is 1.25. The minimum atomic E-state index is -0.440. The van der Waals surface area contributed by atoms with Crippen LogP contribution in [0.15, 0.2) is 96.9 Å². The predicted octanol–water partition coefficient (Wildman–Crippen LogP) is 16.4. The van der Waals surface area contributed by atoms with Crippen LogP contribution in [0.4, 0.5) is 28.4 Å². The topological polar surface area (TPSA) is 6.48 Å². The summed E-state index contributed by atoms with van der Waals surface area (Å²) in [6.07, 6.45) is 6.56. The van der Waals surface area contributed by atoms with E-state index in [-0.39, 0.29) is 92.1 Å². The Bertz CT molecular complexity index is 3730. The van der Waals surface area contributed by atoms with Crippen LogP contribution in [-0.4, -0.2) is 6.71 Å². The molecule has 3 heterocycles. The lowest BCUT2D eigenvalue weighted by molar-refractivity contribution is 0.332. The number of fused-ring (bicyclic) bond motifs is 10. The zero-order chi connectivity index (χ0) is 54.8. The fraction of sp³-hybridized carbons (Fsp3) is 0.446. The van der Waals surface area contributed by atoms with Crippen molar-refractivity contribution in [2.24, 2.45) is 0 Å². The van der Waals surface area contributed by atoms with Crippen LogP contribution >= 0.6 is 11.3 Å². The molecule has 354 valence electrons. The molecule has 3 aliphatic carbocycles. The van der Waals surface area contributed by atoms with Gasteiger partial charge in [0.05, 0.1) is 15.3 Å². The Morgan fingerprint density at radius 1 is 0.551 bits per heavy atom. The van der Waals surface area contributed by atoms with E-state index < -0.39 is 12.1 Å². The predicted molar refractivity (Wildman–Crippen MR) is 302 cm³/mol. The average molecular weight is 934 g/mol. The number of hydrogen-bond donors (Lipinski definition) is 0. The average Bonchev–Trinajstić information content (AvgIpc) is 3.80. The molecule has 2 nitrogen and oxygen atoms in total. The summed E-state index contributed by atoms with van der Waals surface area (Å²) in [6, 6.07) is 19.9. The van der Waals surface area contributed by atoms with Crippen molar-refractivity contribution in [2.45, 2.75) is 187 Å². The first-order valence-corrected chi connectivity index (χ1v) is 26.7. The van der Waals surface area contributed by atoms with Crippen LogP contribution < -0.4 is 25.5 Å². The molecule has 1 aromatic heterocycles. The van der Waals surface area contributed by atoms with Gasteiger partial charge >= 0.3 is 0 Å². The lowest BCUT2D eigenvalue weighted by Crippen LogP contribution is -2.61. The Morgan fingerprint density at radius 3 is 1.72 bits per heavy atom. The quantitative estimate of drug-likeness (QED) is 0.163. The fourth-order valence-corrected chi connectivity index (χ4v) is 14.8. The summed E-state index contributed by atoms with van der Waals surface area (Å²) in [4.78, 5) is 4.96. The minimum Gasteiger partial charge on any atom is -0.337 e. The van der Waals surface area contributed by atoms with E-state index in [9.17, 15) is 4.11 Å². The summed E-state index contributed by atoms with van der Waals surface area (Å²) in [5.41, 5.74) is 17.3. The third kappa shape index (κ3) is 6.68. The van der Waals surface area contributed by atoms with Crippen LogP contribution in [0, 0.1) is 0 Å². The summed E-state index contributed by atoms with van der Waals surface area (Å²) in [5.74, 6) is 0. The van der Waals surface area contributed by atoms with Crippen molar-refractivity contribution in [3.05, 3.63) is 141 Å². The highest BCUT2D eigenvalue weighted by molar-refractivity contribution is 7.33. The second-order valence-electron chi connectivity index (χ2n) is 26.8. The van der Waals surface area contributed by atoms with Crippen molar-refractivity contribution in [3.63, 3.8) is 0 Å². The second-order valence-corrected chi connectivity index (χ2v) is 27.9. The van der Waals surface area contributed by atoms with Crippen molar-refractivity contribution in [1.82, 2.24) is 0 Å². The van der Waals surface area contributed by atoms with Crippen molar-refractivity contribution in [1.29, 1.82) is 0 Å². The second kappa shape index (κ2) is 14.4. The van der Waals surface area contributed by atoms with Gasteiger partial charge in [0.15, 0.2) is 0 Å². The van der Waals surface area contributed by atoms with E-state index in [1.807, 2.05) is 11.3 Å². The molecule has 7 aromatic rings. The molecule has 0 unspecified atom stereocenters. The molecule has 0 N–H and O–H groups in total. The van der Waals surface area contributed by atoms with Crippen molar-refractivity contribution >= 4 is 83.0 Å². The summed E-state index contributed by atoms with van der Waals surface area (Å²) >= 11 is 1.88. The summed E-state index contributed by atoms with van der Waals surface area (Å²) in [6.45, 7) is 35.6. The van der Waals surface area contributed by atoms with Crippen molar-refractivity contribution < 1.29 is 9.60 Å². The summed E-state index contributed by atoms with van der Waals surface area (Å²) < 4.78 is 66.8. The molecule has 0 saturated carbocycles.